The molecule has 3 rings (SSSR count). The minimum Gasteiger partial charge on any atom is -0.326 e. The Balaban J connectivity index is 1.44. The smallest absolute Gasteiger partial charge is 0.234 e. The Bertz CT molecular complexity index is 1060. The highest BCUT2D eigenvalue weighted by Crippen LogP contribution is 2.23. The molecule has 0 aliphatic carbocycles. The molecule has 0 aliphatic heterocycles. The maximum absolute atomic E-state index is 12.3. The van der Waals surface area contributed by atoms with Crippen LogP contribution in [0, 0.1) is 6.92 Å². The van der Waals surface area contributed by atoms with Gasteiger partial charge in [-0.25, -0.2) is 4.98 Å². The number of nitrogens with zero attached hydrogens (tertiary/aromatic N) is 1. The fraction of sp³-hybridized carbons (Fsp3) is 0.182. The number of amides is 3. The van der Waals surface area contributed by atoms with Gasteiger partial charge in [0.15, 0.2) is 4.34 Å². The van der Waals surface area contributed by atoms with Gasteiger partial charge in [-0.2, -0.15) is 0 Å². The van der Waals surface area contributed by atoms with Crippen molar-refractivity contribution in [3.63, 3.8) is 0 Å². The van der Waals surface area contributed by atoms with Crippen LogP contribution in [-0.4, -0.2) is 28.5 Å². The summed E-state index contributed by atoms with van der Waals surface area (Å²) in [5.74, 6) is -0.202. The van der Waals surface area contributed by atoms with E-state index >= 15 is 0 Å². The van der Waals surface area contributed by atoms with Crippen molar-refractivity contribution < 1.29 is 14.4 Å². The molecule has 0 saturated heterocycles. The van der Waals surface area contributed by atoms with E-state index in [-0.39, 0.29) is 29.9 Å². The second-order valence-electron chi connectivity index (χ2n) is 6.79. The second-order valence-corrected chi connectivity index (χ2v) is 8.87. The Labute approximate surface area is 188 Å². The van der Waals surface area contributed by atoms with Gasteiger partial charge in [0.2, 0.25) is 17.7 Å². The highest BCUT2D eigenvalue weighted by atomic mass is 32.2. The van der Waals surface area contributed by atoms with Crippen LogP contribution in [0.2, 0.25) is 0 Å². The zero-order valence-electron chi connectivity index (χ0n) is 17.1. The molecule has 2 aromatic carbocycles. The second kappa shape index (κ2) is 10.7. The standard InChI is InChI=1S/C22H22N4O3S2/c1-14-3-5-17(6-4-14)25-21(29)13-31-22-26-19(12-30-22)11-20(28)24-18-9-7-16(8-10-18)23-15(2)27/h3-10,12H,11,13H2,1-2H3,(H,23,27)(H,24,28)(H,25,29). The molecular weight excluding hydrogens is 432 g/mol. The highest BCUT2D eigenvalue weighted by Gasteiger charge is 2.11. The van der Waals surface area contributed by atoms with Gasteiger partial charge in [-0.15, -0.1) is 11.3 Å². The van der Waals surface area contributed by atoms with Crippen molar-refractivity contribution in [3.05, 3.63) is 65.2 Å². The molecule has 1 heterocycles. The van der Waals surface area contributed by atoms with Crippen LogP contribution < -0.4 is 16.0 Å². The SMILES string of the molecule is CC(=O)Nc1ccc(NC(=O)Cc2csc(SCC(=O)Nc3ccc(C)cc3)n2)cc1. The number of thiazole rings is 1. The van der Waals surface area contributed by atoms with Crippen molar-refractivity contribution >= 4 is 57.9 Å². The third-order valence-corrected chi connectivity index (χ3v) is 6.09. The molecule has 0 atom stereocenters. The van der Waals surface area contributed by atoms with Crippen molar-refractivity contribution in [1.82, 2.24) is 4.98 Å². The van der Waals surface area contributed by atoms with Gasteiger partial charge < -0.3 is 16.0 Å². The number of rotatable bonds is 8. The fourth-order valence-electron chi connectivity index (χ4n) is 2.61. The molecular formula is C22H22N4O3S2. The lowest BCUT2D eigenvalue weighted by atomic mass is 10.2. The number of aryl methyl sites for hydroxylation is 1. The van der Waals surface area contributed by atoms with E-state index in [0.717, 1.165) is 15.6 Å². The molecule has 7 nitrogen and oxygen atoms in total. The average molecular weight is 455 g/mol. The van der Waals surface area contributed by atoms with E-state index in [1.165, 1.54) is 30.0 Å². The summed E-state index contributed by atoms with van der Waals surface area (Å²) < 4.78 is 0.738. The average Bonchev–Trinajstić information content (AvgIpc) is 3.16. The summed E-state index contributed by atoms with van der Waals surface area (Å²) >= 11 is 2.75. The number of thioether (sulfide) groups is 1. The predicted molar refractivity (Wildman–Crippen MR) is 126 cm³/mol. The summed E-state index contributed by atoms with van der Waals surface area (Å²) in [4.78, 5) is 39.8. The van der Waals surface area contributed by atoms with Gasteiger partial charge in [-0.05, 0) is 43.3 Å². The third-order valence-electron chi connectivity index (χ3n) is 4.02. The summed E-state index contributed by atoms with van der Waals surface area (Å²) in [6, 6.07) is 14.5. The molecule has 160 valence electrons. The van der Waals surface area contributed by atoms with Crippen LogP contribution >= 0.6 is 23.1 Å². The summed E-state index contributed by atoms with van der Waals surface area (Å²) in [5, 5.41) is 10.1. The summed E-state index contributed by atoms with van der Waals surface area (Å²) in [5.41, 5.74) is 3.85. The quantitative estimate of drug-likeness (QED) is 0.440. The number of hydrogen-bond donors (Lipinski definition) is 3. The molecule has 0 unspecified atom stereocenters. The minimum atomic E-state index is -0.189. The zero-order valence-corrected chi connectivity index (χ0v) is 18.7. The van der Waals surface area contributed by atoms with Crippen LogP contribution in [-0.2, 0) is 20.8 Å². The number of nitrogens with one attached hydrogen (secondary N) is 3. The van der Waals surface area contributed by atoms with Gasteiger partial charge in [-0.3, -0.25) is 14.4 Å². The first kappa shape index (κ1) is 22.5. The number of anilines is 3. The van der Waals surface area contributed by atoms with Gasteiger partial charge in [-0.1, -0.05) is 29.5 Å². The molecule has 31 heavy (non-hydrogen) atoms. The maximum Gasteiger partial charge on any atom is 0.234 e. The molecule has 0 bridgehead atoms. The molecule has 0 radical (unpaired) electrons. The predicted octanol–water partition coefficient (Wildman–Crippen LogP) is 4.32. The molecule has 3 aromatic rings. The van der Waals surface area contributed by atoms with Crippen molar-refractivity contribution in [2.24, 2.45) is 0 Å². The van der Waals surface area contributed by atoms with Gasteiger partial charge in [0, 0.05) is 29.4 Å². The zero-order chi connectivity index (χ0) is 22.2. The van der Waals surface area contributed by atoms with Crippen LogP contribution in [0.4, 0.5) is 17.1 Å². The lowest BCUT2D eigenvalue weighted by Crippen LogP contribution is -2.15. The first-order chi connectivity index (χ1) is 14.9. The van der Waals surface area contributed by atoms with E-state index in [2.05, 4.69) is 20.9 Å². The van der Waals surface area contributed by atoms with Crippen molar-refractivity contribution in [3.8, 4) is 0 Å². The van der Waals surface area contributed by atoms with E-state index in [1.54, 1.807) is 24.3 Å². The molecule has 0 aliphatic rings. The van der Waals surface area contributed by atoms with E-state index < -0.39 is 0 Å². The highest BCUT2D eigenvalue weighted by molar-refractivity contribution is 8.01. The largest absolute Gasteiger partial charge is 0.326 e. The maximum atomic E-state index is 12.3. The topological polar surface area (TPSA) is 100 Å². The molecule has 9 heteroatoms. The minimum absolute atomic E-state index is 0.106. The Morgan fingerprint density at radius 1 is 0.871 bits per heavy atom. The molecule has 1 aromatic heterocycles. The summed E-state index contributed by atoms with van der Waals surface area (Å²) in [7, 11) is 0. The normalized spacial score (nSPS) is 10.4. The lowest BCUT2D eigenvalue weighted by molar-refractivity contribution is -0.116. The first-order valence-electron chi connectivity index (χ1n) is 9.48. The fourth-order valence-corrected chi connectivity index (χ4v) is 4.25. The Morgan fingerprint density at radius 3 is 2.03 bits per heavy atom. The number of carbonyl (C=O) groups excluding carboxylic acids is 3. The lowest BCUT2D eigenvalue weighted by Gasteiger charge is -2.06. The third kappa shape index (κ3) is 7.54. The molecule has 3 amide bonds. The Morgan fingerprint density at radius 2 is 1.42 bits per heavy atom. The Hall–Kier alpha value is -3.17. The summed E-state index contributed by atoms with van der Waals surface area (Å²) in [6.45, 7) is 3.43. The van der Waals surface area contributed by atoms with E-state index in [1.807, 2.05) is 36.6 Å². The van der Waals surface area contributed by atoms with Crippen molar-refractivity contribution in [2.75, 3.05) is 21.7 Å². The monoisotopic (exact) mass is 454 g/mol. The van der Waals surface area contributed by atoms with Gasteiger partial charge in [0.25, 0.3) is 0 Å². The Kier molecular flexibility index (Phi) is 7.80. The number of hydrogen-bond acceptors (Lipinski definition) is 6. The molecule has 0 spiro atoms. The summed E-state index contributed by atoms with van der Waals surface area (Å²) in [6.07, 6.45) is 0.139. The first-order valence-corrected chi connectivity index (χ1v) is 11.3. The molecule has 3 N–H and O–H groups in total. The van der Waals surface area contributed by atoms with Gasteiger partial charge in [0.1, 0.15) is 0 Å². The van der Waals surface area contributed by atoms with Crippen LogP contribution in [0.5, 0.6) is 0 Å². The number of aromatic nitrogens is 1. The number of carbonyl (C=O) groups is 3. The molecule has 0 saturated carbocycles. The van der Waals surface area contributed by atoms with Crippen LogP contribution in [0.1, 0.15) is 18.2 Å². The van der Waals surface area contributed by atoms with Gasteiger partial charge >= 0.3 is 0 Å². The van der Waals surface area contributed by atoms with Crippen LogP contribution in [0.15, 0.2) is 58.3 Å². The van der Waals surface area contributed by atoms with E-state index in [9.17, 15) is 14.4 Å². The molecule has 0 fully saturated rings. The van der Waals surface area contributed by atoms with Crippen molar-refractivity contribution in [1.29, 1.82) is 0 Å². The van der Waals surface area contributed by atoms with Crippen molar-refractivity contribution in [2.45, 2.75) is 24.6 Å². The van der Waals surface area contributed by atoms with Crippen LogP contribution in [0.25, 0.3) is 0 Å². The van der Waals surface area contributed by atoms with Gasteiger partial charge in [0.05, 0.1) is 17.9 Å². The number of benzene rings is 2. The van der Waals surface area contributed by atoms with E-state index in [4.69, 9.17) is 0 Å². The van der Waals surface area contributed by atoms with E-state index in [0.29, 0.717) is 17.1 Å². The van der Waals surface area contributed by atoms with Crippen LogP contribution in [0.3, 0.4) is 0 Å².